The van der Waals surface area contributed by atoms with Gasteiger partial charge in [0.25, 0.3) is 0 Å². The largest absolute Gasteiger partial charge is 0.477 e. The number of carbonyl (C=O) groups is 3. The number of nitrogens with zero attached hydrogens (tertiary/aromatic N) is 1. The number of rotatable bonds is 39. The molecule has 0 aliphatic heterocycles. The Morgan fingerprint density at radius 3 is 1.49 bits per heavy atom. The van der Waals surface area contributed by atoms with Gasteiger partial charge in [0, 0.05) is 19.3 Å². The maximum Gasteiger partial charge on any atom is 0.362 e. The van der Waals surface area contributed by atoms with Crippen molar-refractivity contribution >= 4 is 17.9 Å². The van der Waals surface area contributed by atoms with Crippen LogP contribution < -0.4 is 0 Å². The van der Waals surface area contributed by atoms with Gasteiger partial charge in [-0.05, 0) is 77.0 Å². The molecule has 0 rings (SSSR count). The van der Waals surface area contributed by atoms with Gasteiger partial charge in [0.2, 0.25) is 0 Å². The van der Waals surface area contributed by atoms with E-state index in [0.29, 0.717) is 19.3 Å². The van der Waals surface area contributed by atoms with E-state index in [-0.39, 0.29) is 42.7 Å². The third kappa shape index (κ3) is 40.9. The van der Waals surface area contributed by atoms with Crippen LogP contribution in [-0.2, 0) is 28.6 Å². The smallest absolute Gasteiger partial charge is 0.362 e. The lowest BCUT2D eigenvalue weighted by molar-refractivity contribution is -0.887. The Morgan fingerprint density at radius 1 is 0.508 bits per heavy atom. The highest BCUT2D eigenvalue weighted by Crippen LogP contribution is 2.12. The molecular formula is C53H84NO7+. The predicted octanol–water partition coefficient (Wildman–Crippen LogP) is 13.0. The van der Waals surface area contributed by atoms with E-state index in [4.69, 9.17) is 14.2 Å². The molecule has 0 spiro atoms. The zero-order chi connectivity index (χ0) is 44.9. The number of quaternary nitrogens is 1. The molecule has 342 valence electrons. The van der Waals surface area contributed by atoms with Crippen LogP contribution in [-0.4, -0.2) is 80.6 Å². The monoisotopic (exact) mass is 847 g/mol. The number of allylic oxidation sites excluding steroid dienone is 20. The summed E-state index contributed by atoms with van der Waals surface area (Å²) in [4.78, 5) is 37.0. The Balaban J connectivity index is 4.41. The van der Waals surface area contributed by atoms with Crippen LogP contribution >= 0.6 is 0 Å². The van der Waals surface area contributed by atoms with Crippen molar-refractivity contribution in [1.82, 2.24) is 0 Å². The van der Waals surface area contributed by atoms with Crippen LogP contribution in [0.25, 0.3) is 0 Å². The van der Waals surface area contributed by atoms with Crippen molar-refractivity contribution in [2.24, 2.45) is 0 Å². The standard InChI is InChI=1S/C53H83NO7/c1-6-8-10-12-14-16-18-20-22-23-24-25-26-27-28-30-31-33-35-37-39-41-43-51(55)60-48-49(47-59-46-45-50(53(57)58)54(3,4)5)61-52(56)44-42-40-38-36-34-32-29-21-19-17-15-13-11-9-7-2/h8-11,13-17,19-22,24-25,27-29,32,34,49-50H,6-7,12,18,23,26,30-31,33,35-48H2,1-5H3/p+1/b10-8+,11-9+,15-13+,16-14+,19-17+,22-20+,25-24+,28-27+,29-21+,34-32+. The van der Waals surface area contributed by atoms with Gasteiger partial charge in [0.15, 0.2) is 12.1 Å². The van der Waals surface area contributed by atoms with Crippen molar-refractivity contribution in [3.63, 3.8) is 0 Å². The first-order valence-electron chi connectivity index (χ1n) is 23.1. The van der Waals surface area contributed by atoms with E-state index in [1.54, 1.807) is 0 Å². The summed E-state index contributed by atoms with van der Waals surface area (Å²) >= 11 is 0. The van der Waals surface area contributed by atoms with Gasteiger partial charge in [-0.2, -0.15) is 0 Å². The highest BCUT2D eigenvalue weighted by Gasteiger charge is 2.31. The summed E-state index contributed by atoms with van der Waals surface area (Å²) in [5, 5.41) is 9.63. The second kappa shape index (κ2) is 42.4. The molecule has 0 radical (unpaired) electrons. The van der Waals surface area contributed by atoms with E-state index in [0.717, 1.165) is 89.9 Å². The van der Waals surface area contributed by atoms with Gasteiger partial charge in [-0.3, -0.25) is 9.59 Å². The van der Waals surface area contributed by atoms with Crippen LogP contribution in [0.3, 0.4) is 0 Å². The lowest BCUT2D eigenvalue weighted by Gasteiger charge is -2.31. The van der Waals surface area contributed by atoms with Crippen LogP contribution in [0.4, 0.5) is 0 Å². The fraction of sp³-hybridized carbons (Fsp3) is 0.566. The minimum Gasteiger partial charge on any atom is -0.477 e. The molecule has 0 saturated heterocycles. The third-order valence-electron chi connectivity index (χ3n) is 9.48. The fourth-order valence-corrected chi connectivity index (χ4v) is 5.96. The number of likely N-dealkylation sites (N-methyl/N-ethyl adjacent to an activating group) is 1. The molecule has 0 amide bonds. The van der Waals surface area contributed by atoms with Gasteiger partial charge >= 0.3 is 17.9 Å². The third-order valence-corrected chi connectivity index (χ3v) is 9.48. The van der Waals surface area contributed by atoms with Crippen LogP contribution in [0.1, 0.15) is 142 Å². The topological polar surface area (TPSA) is 99.1 Å². The number of hydrogen-bond acceptors (Lipinski definition) is 6. The number of hydrogen-bond donors (Lipinski definition) is 1. The van der Waals surface area contributed by atoms with Crippen LogP contribution in [0, 0.1) is 0 Å². The second-order valence-corrected chi connectivity index (χ2v) is 16.0. The normalized spacial score (nSPS) is 14.0. The minimum absolute atomic E-state index is 0.0296. The Hall–Kier alpha value is -4.27. The molecular weight excluding hydrogens is 763 g/mol. The highest BCUT2D eigenvalue weighted by molar-refractivity contribution is 5.72. The summed E-state index contributed by atoms with van der Waals surface area (Å²) in [6.45, 7) is 4.39. The lowest BCUT2D eigenvalue weighted by atomic mass is 10.1. The predicted molar refractivity (Wildman–Crippen MR) is 256 cm³/mol. The summed E-state index contributed by atoms with van der Waals surface area (Å²) in [7, 11) is 5.49. The van der Waals surface area contributed by atoms with Crippen molar-refractivity contribution in [3.8, 4) is 0 Å². The summed E-state index contributed by atoms with van der Waals surface area (Å²) in [5.74, 6) is -1.56. The maximum absolute atomic E-state index is 12.7. The molecule has 8 nitrogen and oxygen atoms in total. The Bertz CT molecular complexity index is 1400. The molecule has 0 aromatic heterocycles. The average Bonchev–Trinajstić information content (AvgIpc) is 3.22. The van der Waals surface area contributed by atoms with Crippen LogP contribution in [0.5, 0.6) is 0 Å². The van der Waals surface area contributed by atoms with E-state index in [1.165, 1.54) is 12.8 Å². The Labute approximate surface area is 371 Å². The van der Waals surface area contributed by atoms with E-state index in [1.807, 2.05) is 69.8 Å². The highest BCUT2D eigenvalue weighted by atomic mass is 16.6. The van der Waals surface area contributed by atoms with Gasteiger partial charge in [-0.1, -0.05) is 167 Å². The molecule has 8 heteroatoms. The number of unbranched alkanes of at least 4 members (excludes halogenated alkanes) is 9. The summed E-state index contributed by atoms with van der Waals surface area (Å²) in [5.41, 5.74) is 0. The number of aliphatic carboxylic acids is 1. The zero-order valence-corrected chi connectivity index (χ0v) is 38.8. The zero-order valence-electron chi connectivity index (χ0n) is 38.8. The van der Waals surface area contributed by atoms with Crippen molar-refractivity contribution in [3.05, 3.63) is 122 Å². The van der Waals surface area contributed by atoms with Crippen LogP contribution in [0.2, 0.25) is 0 Å². The Morgan fingerprint density at radius 2 is 0.951 bits per heavy atom. The summed E-state index contributed by atoms with van der Waals surface area (Å²) in [6, 6.07) is -0.633. The molecule has 0 aliphatic rings. The SMILES string of the molecule is CC/C=C/C=C/C=C/C=C/C=C/CCCCCC(=O)OC(COCCC(C(=O)O)[N+](C)(C)C)COC(=O)CCCCCCCC/C=C/C/C=C/C/C=C/C/C=C/C/C=C/CC. The van der Waals surface area contributed by atoms with Gasteiger partial charge in [0.05, 0.1) is 34.4 Å². The summed E-state index contributed by atoms with van der Waals surface area (Å²) < 4.78 is 17.2. The first-order chi connectivity index (χ1) is 29.6. The van der Waals surface area contributed by atoms with Crippen molar-refractivity contribution < 1.29 is 38.2 Å². The molecule has 0 aliphatic carbocycles. The number of esters is 2. The van der Waals surface area contributed by atoms with Crippen molar-refractivity contribution in [2.75, 3.05) is 41.0 Å². The van der Waals surface area contributed by atoms with Crippen molar-refractivity contribution in [2.45, 2.75) is 154 Å². The molecule has 2 atom stereocenters. The minimum atomic E-state index is -0.891. The molecule has 61 heavy (non-hydrogen) atoms. The van der Waals surface area contributed by atoms with Gasteiger partial charge < -0.3 is 23.8 Å². The number of carbonyl (C=O) groups excluding carboxylic acids is 2. The molecule has 0 fully saturated rings. The number of carboxylic acid groups (broad SMARTS) is 1. The first-order valence-corrected chi connectivity index (χ1v) is 23.1. The van der Waals surface area contributed by atoms with E-state index in [2.05, 4.69) is 86.8 Å². The number of carboxylic acids is 1. The van der Waals surface area contributed by atoms with Crippen molar-refractivity contribution in [1.29, 1.82) is 0 Å². The van der Waals surface area contributed by atoms with Crippen LogP contribution in [0.15, 0.2) is 122 Å². The molecule has 0 saturated carbocycles. The Kier molecular flexibility index (Phi) is 39.5. The lowest BCUT2D eigenvalue weighted by Crippen LogP contribution is -2.50. The average molecular weight is 847 g/mol. The molecule has 0 aromatic carbocycles. The van der Waals surface area contributed by atoms with Gasteiger partial charge in [0.1, 0.15) is 6.61 Å². The fourth-order valence-electron chi connectivity index (χ4n) is 5.96. The molecule has 0 heterocycles. The first kappa shape index (κ1) is 56.7. The second-order valence-electron chi connectivity index (χ2n) is 16.0. The molecule has 0 bridgehead atoms. The van der Waals surface area contributed by atoms with Gasteiger partial charge in [-0.25, -0.2) is 4.79 Å². The summed E-state index contributed by atoms with van der Waals surface area (Å²) in [6.07, 6.45) is 59.6. The molecule has 0 aromatic rings. The molecule has 2 unspecified atom stereocenters. The van der Waals surface area contributed by atoms with E-state index in [9.17, 15) is 19.5 Å². The quantitative estimate of drug-likeness (QED) is 0.0216. The van der Waals surface area contributed by atoms with Gasteiger partial charge in [-0.15, -0.1) is 0 Å². The van der Waals surface area contributed by atoms with E-state index < -0.39 is 18.1 Å². The van der Waals surface area contributed by atoms with E-state index >= 15 is 0 Å². The number of ether oxygens (including phenoxy) is 3. The maximum atomic E-state index is 12.7. The molecule has 1 N–H and O–H groups in total.